The van der Waals surface area contributed by atoms with E-state index in [1.165, 1.54) is 10.9 Å². The molecule has 3 heterocycles. The topological polar surface area (TPSA) is 94.3 Å². The molecule has 0 bridgehead atoms. The number of nitrogens with one attached hydrogen (secondary N) is 1. The van der Waals surface area contributed by atoms with E-state index in [0.717, 1.165) is 5.69 Å². The van der Waals surface area contributed by atoms with Crippen molar-refractivity contribution >= 4 is 17.5 Å². The van der Waals surface area contributed by atoms with Gasteiger partial charge in [-0.3, -0.25) is 19.0 Å². The molecule has 1 saturated heterocycles. The third-order valence-electron chi connectivity index (χ3n) is 4.12. The van der Waals surface area contributed by atoms with Crippen molar-refractivity contribution in [1.82, 2.24) is 24.5 Å². The normalized spacial score (nSPS) is 14.6. The number of rotatable bonds is 4. The molecule has 2 aromatic rings. The number of amides is 2. The van der Waals surface area contributed by atoms with Gasteiger partial charge in [-0.25, -0.2) is 0 Å². The van der Waals surface area contributed by atoms with Crippen LogP contribution in [0.25, 0.3) is 0 Å². The van der Waals surface area contributed by atoms with Crippen LogP contribution in [0.4, 0.5) is 5.69 Å². The number of carbonyl (C=O) groups is 2. The minimum Gasteiger partial charge on any atom is -0.378 e. The Bertz CT molecular complexity index is 788. The second-order valence-electron chi connectivity index (χ2n) is 5.88. The first-order valence-corrected chi connectivity index (χ1v) is 8.26. The number of hydrogen-bond donors (Lipinski definition) is 1. The average Bonchev–Trinajstić information content (AvgIpc) is 3.17. The van der Waals surface area contributed by atoms with Crippen molar-refractivity contribution < 1.29 is 14.3 Å². The third-order valence-corrected chi connectivity index (χ3v) is 4.12. The van der Waals surface area contributed by atoms with Crippen LogP contribution < -0.4 is 5.32 Å². The molecule has 0 aliphatic carbocycles. The molecule has 0 atom stereocenters. The molecule has 25 heavy (non-hydrogen) atoms. The molecule has 134 valence electrons. The highest BCUT2D eigenvalue weighted by atomic mass is 16.5. The van der Waals surface area contributed by atoms with Crippen LogP contribution in [0.15, 0.2) is 12.3 Å². The van der Waals surface area contributed by atoms with Crippen LogP contribution in [0.2, 0.25) is 0 Å². The molecule has 1 aliphatic rings. The second kappa shape index (κ2) is 7.06. The lowest BCUT2D eigenvalue weighted by Crippen LogP contribution is -2.41. The minimum absolute atomic E-state index is 0.154. The second-order valence-corrected chi connectivity index (χ2v) is 5.88. The number of ether oxygens (including phenoxy) is 1. The Morgan fingerprint density at radius 1 is 1.32 bits per heavy atom. The van der Waals surface area contributed by atoms with E-state index < -0.39 is 0 Å². The summed E-state index contributed by atoms with van der Waals surface area (Å²) in [6.07, 6.45) is 1.51. The van der Waals surface area contributed by atoms with Gasteiger partial charge >= 0.3 is 0 Å². The van der Waals surface area contributed by atoms with Gasteiger partial charge in [0.25, 0.3) is 11.8 Å². The first-order valence-electron chi connectivity index (χ1n) is 8.26. The van der Waals surface area contributed by atoms with Crippen LogP contribution in [-0.4, -0.2) is 62.6 Å². The van der Waals surface area contributed by atoms with Crippen LogP contribution >= 0.6 is 0 Å². The third kappa shape index (κ3) is 3.41. The fraction of sp³-hybridized carbons (Fsp3) is 0.500. The molecule has 9 nitrogen and oxygen atoms in total. The first-order chi connectivity index (χ1) is 12.0. The zero-order chi connectivity index (χ0) is 18.0. The highest BCUT2D eigenvalue weighted by Crippen LogP contribution is 2.19. The molecular weight excluding hydrogens is 324 g/mol. The molecule has 9 heteroatoms. The zero-order valence-corrected chi connectivity index (χ0v) is 14.7. The van der Waals surface area contributed by atoms with Crippen LogP contribution in [-0.2, 0) is 18.3 Å². The van der Waals surface area contributed by atoms with Gasteiger partial charge in [-0.05, 0) is 19.9 Å². The average molecular weight is 346 g/mol. The van der Waals surface area contributed by atoms with Gasteiger partial charge in [0.15, 0.2) is 0 Å². The number of morpholine rings is 1. The number of anilines is 1. The maximum Gasteiger partial charge on any atom is 0.274 e. The lowest BCUT2D eigenvalue weighted by molar-refractivity contribution is 0.0295. The van der Waals surface area contributed by atoms with Crippen molar-refractivity contribution in [2.24, 2.45) is 7.05 Å². The Morgan fingerprint density at radius 3 is 2.64 bits per heavy atom. The SMILES string of the molecule is CCn1ncc(NC(=O)c2cc(C)nn2C)c1C(=O)N1CCOCC1. The Morgan fingerprint density at radius 2 is 2.04 bits per heavy atom. The molecule has 0 unspecified atom stereocenters. The highest BCUT2D eigenvalue weighted by Gasteiger charge is 2.26. The monoisotopic (exact) mass is 346 g/mol. The van der Waals surface area contributed by atoms with Gasteiger partial charge in [0, 0.05) is 26.7 Å². The number of aromatic nitrogens is 4. The van der Waals surface area contributed by atoms with E-state index in [2.05, 4.69) is 15.5 Å². The van der Waals surface area contributed by atoms with Crippen LogP contribution in [0.1, 0.15) is 33.6 Å². The van der Waals surface area contributed by atoms with E-state index in [-0.39, 0.29) is 11.8 Å². The van der Waals surface area contributed by atoms with E-state index in [1.807, 2.05) is 13.8 Å². The number of hydrogen-bond acceptors (Lipinski definition) is 5. The van der Waals surface area contributed by atoms with Crippen LogP contribution in [0.3, 0.4) is 0 Å². The van der Waals surface area contributed by atoms with Gasteiger partial charge in [0.2, 0.25) is 0 Å². The van der Waals surface area contributed by atoms with Gasteiger partial charge < -0.3 is 15.0 Å². The van der Waals surface area contributed by atoms with E-state index in [4.69, 9.17) is 4.74 Å². The van der Waals surface area contributed by atoms with Crippen molar-refractivity contribution in [3.8, 4) is 0 Å². The zero-order valence-electron chi connectivity index (χ0n) is 14.7. The Hall–Kier alpha value is -2.68. The van der Waals surface area contributed by atoms with Crippen LogP contribution in [0.5, 0.6) is 0 Å². The number of nitrogens with zero attached hydrogens (tertiary/aromatic N) is 5. The summed E-state index contributed by atoms with van der Waals surface area (Å²) in [5, 5.41) is 11.2. The molecule has 0 spiro atoms. The summed E-state index contributed by atoms with van der Waals surface area (Å²) in [6.45, 7) is 6.35. The van der Waals surface area contributed by atoms with E-state index in [0.29, 0.717) is 49.9 Å². The quantitative estimate of drug-likeness (QED) is 0.878. The van der Waals surface area contributed by atoms with Gasteiger partial charge in [-0.2, -0.15) is 10.2 Å². The summed E-state index contributed by atoms with van der Waals surface area (Å²) < 4.78 is 8.41. The lowest BCUT2D eigenvalue weighted by atomic mass is 10.2. The molecule has 1 aliphatic heterocycles. The smallest absolute Gasteiger partial charge is 0.274 e. The van der Waals surface area contributed by atoms with Crippen molar-refractivity contribution in [3.05, 3.63) is 29.3 Å². The lowest BCUT2D eigenvalue weighted by Gasteiger charge is -2.27. The van der Waals surface area contributed by atoms with Crippen molar-refractivity contribution in [2.45, 2.75) is 20.4 Å². The molecule has 3 rings (SSSR count). The van der Waals surface area contributed by atoms with Crippen molar-refractivity contribution in [1.29, 1.82) is 0 Å². The molecule has 1 N–H and O–H groups in total. The summed E-state index contributed by atoms with van der Waals surface area (Å²) in [6, 6.07) is 1.70. The summed E-state index contributed by atoms with van der Waals surface area (Å²) >= 11 is 0. The summed E-state index contributed by atoms with van der Waals surface area (Å²) in [7, 11) is 1.71. The first kappa shape index (κ1) is 17.2. The number of aryl methyl sites for hydroxylation is 3. The van der Waals surface area contributed by atoms with E-state index >= 15 is 0 Å². The fourth-order valence-corrected chi connectivity index (χ4v) is 2.87. The van der Waals surface area contributed by atoms with Crippen LogP contribution in [0, 0.1) is 6.92 Å². The molecule has 2 aromatic heterocycles. The van der Waals surface area contributed by atoms with E-state index in [9.17, 15) is 9.59 Å². The largest absolute Gasteiger partial charge is 0.378 e. The van der Waals surface area contributed by atoms with Crippen molar-refractivity contribution in [3.63, 3.8) is 0 Å². The number of carbonyl (C=O) groups excluding carboxylic acids is 2. The summed E-state index contributed by atoms with van der Waals surface area (Å²) in [4.78, 5) is 27.2. The predicted octanol–water partition coefficient (Wildman–Crippen LogP) is 0.670. The van der Waals surface area contributed by atoms with Gasteiger partial charge in [-0.15, -0.1) is 0 Å². The molecule has 1 fully saturated rings. The maximum absolute atomic E-state index is 12.9. The Balaban J connectivity index is 1.86. The Labute approximate surface area is 145 Å². The van der Waals surface area contributed by atoms with E-state index in [1.54, 1.807) is 22.7 Å². The molecular formula is C16H22N6O3. The molecule has 0 saturated carbocycles. The molecule has 0 radical (unpaired) electrons. The summed E-state index contributed by atoms with van der Waals surface area (Å²) in [5.74, 6) is -0.478. The van der Waals surface area contributed by atoms with Gasteiger partial charge in [0.05, 0.1) is 30.8 Å². The Kier molecular flexibility index (Phi) is 4.84. The van der Waals surface area contributed by atoms with Crippen molar-refractivity contribution in [2.75, 3.05) is 31.6 Å². The standard InChI is InChI=1S/C16H22N6O3/c1-4-22-14(16(24)21-5-7-25-8-6-21)12(10-17-22)18-15(23)13-9-11(2)19-20(13)3/h9-10H,4-8H2,1-3H3,(H,18,23). The fourth-order valence-electron chi connectivity index (χ4n) is 2.87. The summed E-state index contributed by atoms with van der Waals surface area (Å²) in [5.41, 5.74) is 1.96. The minimum atomic E-state index is -0.324. The van der Waals surface area contributed by atoms with Gasteiger partial charge in [-0.1, -0.05) is 0 Å². The van der Waals surface area contributed by atoms with Gasteiger partial charge in [0.1, 0.15) is 11.4 Å². The molecule has 0 aromatic carbocycles. The maximum atomic E-state index is 12.9. The highest BCUT2D eigenvalue weighted by molar-refractivity contribution is 6.07. The predicted molar refractivity (Wildman–Crippen MR) is 90.5 cm³/mol. The molecule has 2 amide bonds.